The molecule has 0 spiro atoms. The van der Waals surface area contributed by atoms with Crippen LogP contribution < -0.4 is 4.74 Å². The second-order valence-electron chi connectivity index (χ2n) is 3.24. The number of hydrogen-bond donors (Lipinski definition) is 0. The van der Waals surface area contributed by atoms with E-state index in [9.17, 15) is 13.6 Å². The Hall–Kier alpha value is -1.45. The molecule has 4 heteroatoms. The quantitative estimate of drug-likeness (QED) is 0.720. The Balaban J connectivity index is 2.78. The van der Waals surface area contributed by atoms with E-state index in [1.807, 2.05) is 0 Å². The molecule has 0 aliphatic carbocycles. The summed E-state index contributed by atoms with van der Waals surface area (Å²) in [6.45, 7) is 2.58. The molecule has 0 radical (unpaired) electrons. The summed E-state index contributed by atoms with van der Waals surface area (Å²) in [5, 5.41) is 0. The minimum Gasteiger partial charge on any atom is -0.488 e. The third-order valence-electron chi connectivity index (χ3n) is 1.95. The largest absolute Gasteiger partial charge is 0.488 e. The Morgan fingerprint density at radius 3 is 2.60 bits per heavy atom. The van der Waals surface area contributed by atoms with E-state index in [4.69, 9.17) is 4.74 Å². The third-order valence-corrected chi connectivity index (χ3v) is 1.95. The fraction of sp³-hybridized carbons (Fsp3) is 0.364. The van der Waals surface area contributed by atoms with Crippen molar-refractivity contribution < 1.29 is 18.3 Å². The van der Waals surface area contributed by atoms with Crippen LogP contribution in [0.3, 0.4) is 0 Å². The van der Waals surface area contributed by atoms with Crippen molar-refractivity contribution in [3.8, 4) is 5.75 Å². The average molecular weight is 214 g/mol. The van der Waals surface area contributed by atoms with E-state index in [0.29, 0.717) is 11.3 Å². The van der Waals surface area contributed by atoms with Gasteiger partial charge in [-0.05, 0) is 37.6 Å². The molecule has 82 valence electrons. The molecule has 1 aromatic carbocycles. The number of carbonyl (C=O) groups is 1. The fourth-order valence-corrected chi connectivity index (χ4v) is 1.28. The summed E-state index contributed by atoms with van der Waals surface area (Å²) in [6, 6.07) is 4.68. The number of benzene rings is 1. The number of ketones is 1. The number of ether oxygens (including phenoxy) is 1. The molecule has 1 aromatic rings. The first-order valence-corrected chi connectivity index (χ1v) is 4.53. The smallest absolute Gasteiger partial charge is 0.272 e. The molecule has 0 heterocycles. The van der Waals surface area contributed by atoms with Crippen LogP contribution in [0, 0.1) is 6.92 Å². The van der Waals surface area contributed by atoms with Crippen molar-refractivity contribution in [1.82, 2.24) is 0 Å². The molecule has 15 heavy (non-hydrogen) atoms. The molecule has 0 saturated carbocycles. The Morgan fingerprint density at radius 2 is 2.13 bits per heavy atom. The van der Waals surface area contributed by atoms with Crippen LogP contribution >= 0.6 is 0 Å². The molecule has 0 fully saturated rings. The molecule has 0 bridgehead atoms. The fourth-order valence-electron chi connectivity index (χ4n) is 1.28. The molecule has 0 aliphatic rings. The molecule has 0 aliphatic heterocycles. The van der Waals surface area contributed by atoms with Gasteiger partial charge in [0.25, 0.3) is 6.43 Å². The minimum absolute atomic E-state index is 0.0482. The summed E-state index contributed by atoms with van der Waals surface area (Å²) in [5.41, 5.74) is 1.31. The molecular weight excluding hydrogens is 202 g/mol. The molecule has 0 amide bonds. The van der Waals surface area contributed by atoms with Crippen LogP contribution in [0.2, 0.25) is 0 Å². The van der Waals surface area contributed by atoms with Crippen LogP contribution in [-0.4, -0.2) is 18.8 Å². The van der Waals surface area contributed by atoms with Gasteiger partial charge in [-0.3, -0.25) is 4.79 Å². The molecule has 2 nitrogen and oxygen atoms in total. The first-order chi connectivity index (χ1) is 7.00. The zero-order valence-electron chi connectivity index (χ0n) is 8.59. The Morgan fingerprint density at radius 1 is 1.47 bits per heavy atom. The van der Waals surface area contributed by atoms with Gasteiger partial charge in [0.15, 0.2) is 5.78 Å². The maximum atomic E-state index is 11.8. The van der Waals surface area contributed by atoms with Crippen LogP contribution in [0.4, 0.5) is 8.78 Å². The van der Waals surface area contributed by atoms with Crippen LogP contribution in [0.15, 0.2) is 18.2 Å². The van der Waals surface area contributed by atoms with E-state index in [1.165, 1.54) is 13.0 Å². The molecule has 0 saturated heterocycles. The molecule has 0 atom stereocenters. The number of Topliss-reactive ketones (excluding diaryl/α,β-unsaturated/α-hetero) is 1. The highest BCUT2D eigenvalue weighted by atomic mass is 19.3. The molecule has 0 aromatic heterocycles. The number of carbonyl (C=O) groups excluding carboxylic acids is 1. The Kier molecular flexibility index (Phi) is 3.77. The predicted molar refractivity (Wildman–Crippen MR) is 52.7 cm³/mol. The lowest BCUT2D eigenvalue weighted by Gasteiger charge is -2.08. The van der Waals surface area contributed by atoms with Gasteiger partial charge in [-0.25, -0.2) is 8.78 Å². The number of halogens is 2. The van der Waals surface area contributed by atoms with Crippen LogP contribution in [-0.2, 0) is 0 Å². The number of hydrogen-bond acceptors (Lipinski definition) is 2. The maximum Gasteiger partial charge on any atom is 0.272 e. The number of alkyl halides is 2. The SMILES string of the molecule is CC(=O)c1ccc(OCC(F)F)cc1C. The molecule has 0 N–H and O–H groups in total. The standard InChI is InChI=1S/C11H12F2O2/c1-7-5-9(15-6-11(12)13)3-4-10(7)8(2)14/h3-5,11H,6H2,1-2H3. The summed E-state index contributed by atoms with van der Waals surface area (Å²) >= 11 is 0. The lowest BCUT2D eigenvalue weighted by molar-refractivity contribution is 0.0818. The van der Waals surface area contributed by atoms with Crippen molar-refractivity contribution in [3.05, 3.63) is 29.3 Å². The van der Waals surface area contributed by atoms with Crippen LogP contribution in [0.25, 0.3) is 0 Å². The summed E-state index contributed by atoms with van der Waals surface area (Å²) in [5.74, 6) is 0.311. The predicted octanol–water partition coefficient (Wildman–Crippen LogP) is 2.84. The number of aryl methyl sites for hydroxylation is 1. The van der Waals surface area contributed by atoms with Crippen molar-refractivity contribution in [3.63, 3.8) is 0 Å². The van der Waals surface area contributed by atoms with Gasteiger partial charge in [-0.1, -0.05) is 0 Å². The minimum atomic E-state index is -2.49. The van der Waals surface area contributed by atoms with Crippen molar-refractivity contribution in [2.45, 2.75) is 20.3 Å². The van der Waals surface area contributed by atoms with Crippen molar-refractivity contribution in [1.29, 1.82) is 0 Å². The van der Waals surface area contributed by atoms with E-state index in [1.54, 1.807) is 19.1 Å². The second kappa shape index (κ2) is 4.87. The van der Waals surface area contributed by atoms with Crippen molar-refractivity contribution in [2.75, 3.05) is 6.61 Å². The van der Waals surface area contributed by atoms with Crippen LogP contribution in [0.5, 0.6) is 5.75 Å². The Labute approximate surface area is 86.9 Å². The van der Waals surface area contributed by atoms with E-state index in [2.05, 4.69) is 0 Å². The van der Waals surface area contributed by atoms with Crippen molar-refractivity contribution >= 4 is 5.78 Å². The maximum absolute atomic E-state index is 11.8. The highest BCUT2D eigenvalue weighted by Crippen LogP contribution is 2.18. The lowest BCUT2D eigenvalue weighted by atomic mass is 10.1. The first kappa shape index (κ1) is 11.6. The Bertz CT molecular complexity index is 362. The summed E-state index contributed by atoms with van der Waals surface area (Å²) in [4.78, 5) is 11.1. The third kappa shape index (κ3) is 3.31. The van der Waals surface area contributed by atoms with Gasteiger partial charge < -0.3 is 4.74 Å². The highest BCUT2D eigenvalue weighted by Gasteiger charge is 2.07. The average Bonchev–Trinajstić information content (AvgIpc) is 2.14. The van der Waals surface area contributed by atoms with E-state index < -0.39 is 13.0 Å². The van der Waals surface area contributed by atoms with Gasteiger partial charge in [-0.15, -0.1) is 0 Å². The van der Waals surface area contributed by atoms with Gasteiger partial charge in [0.1, 0.15) is 12.4 Å². The highest BCUT2D eigenvalue weighted by molar-refractivity contribution is 5.95. The normalized spacial score (nSPS) is 10.5. The van der Waals surface area contributed by atoms with E-state index in [0.717, 1.165) is 5.56 Å². The number of rotatable bonds is 4. The van der Waals surface area contributed by atoms with Gasteiger partial charge in [-0.2, -0.15) is 0 Å². The van der Waals surface area contributed by atoms with Gasteiger partial charge in [0.05, 0.1) is 0 Å². The lowest BCUT2D eigenvalue weighted by Crippen LogP contribution is -2.07. The molecular formula is C11H12F2O2. The zero-order valence-corrected chi connectivity index (χ0v) is 8.59. The van der Waals surface area contributed by atoms with Gasteiger partial charge in [0, 0.05) is 5.56 Å². The topological polar surface area (TPSA) is 26.3 Å². The molecule has 0 unspecified atom stereocenters. The second-order valence-corrected chi connectivity index (χ2v) is 3.24. The van der Waals surface area contributed by atoms with E-state index in [-0.39, 0.29) is 5.78 Å². The summed E-state index contributed by atoms with van der Waals surface area (Å²) in [6.07, 6.45) is -2.49. The van der Waals surface area contributed by atoms with Gasteiger partial charge >= 0.3 is 0 Å². The molecule has 1 rings (SSSR count). The monoisotopic (exact) mass is 214 g/mol. The van der Waals surface area contributed by atoms with Crippen molar-refractivity contribution in [2.24, 2.45) is 0 Å². The first-order valence-electron chi connectivity index (χ1n) is 4.53. The van der Waals surface area contributed by atoms with Gasteiger partial charge in [0.2, 0.25) is 0 Å². The summed E-state index contributed by atoms with van der Waals surface area (Å²) < 4.78 is 28.5. The van der Waals surface area contributed by atoms with Crippen LogP contribution in [0.1, 0.15) is 22.8 Å². The van der Waals surface area contributed by atoms with E-state index >= 15 is 0 Å². The summed E-state index contributed by atoms with van der Waals surface area (Å²) in [7, 11) is 0. The zero-order chi connectivity index (χ0) is 11.4.